The molecule has 2 aliphatic rings. The highest BCUT2D eigenvalue weighted by molar-refractivity contribution is 7.99. The van der Waals surface area contributed by atoms with Gasteiger partial charge in [0, 0.05) is 28.0 Å². The van der Waals surface area contributed by atoms with Crippen LogP contribution in [0.15, 0.2) is 161 Å². The lowest BCUT2D eigenvalue weighted by Gasteiger charge is -2.28. The van der Waals surface area contributed by atoms with E-state index in [1.807, 2.05) is 12.1 Å². The van der Waals surface area contributed by atoms with Gasteiger partial charge in [-0.1, -0.05) is 135 Å². The smallest absolute Gasteiger partial charge is 0.149 e. The minimum absolute atomic E-state index is 0.193. The topological polar surface area (TPSA) is 12.5 Å². The highest BCUT2D eigenvalue weighted by Gasteiger charge is 2.40. The molecule has 0 radical (unpaired) electrons. The molecule has 7 aromatic rings. The molecule has 0 saturated carbocycles. The number of para-hydroxylation sites is 1. The Hall–Kier alpha value is -5.51. The van der Waals surface area contributed by atoms with Crippen molar-refractivity contribution in [2.75, 3.05) is 4.90 Å². The van der Waals surface area contributed by atoms with E-state index in [2.05, 4.69) is 170 Å². The van der Waals surface area contributed by atoms with Gasteiger partial charge in [0.25, 0.3) is 0 Å². The zero-order chi connectivity index (χ0) is 32.2. The van der Waals surface area contributed by atoms with Crippen molar-refractivity contribution in [1.29, 1.82) is 0 Å². The van der Waals surface area contributed by atoms with Crippen molar-refractivity contribution in [2.24, 2.45) is 0 Å². The summed E-state index contributed by atoms with van der Waals surface area (Å²) in [6.07, 6.45) is 4.34. The highest BCUT2D eigenvalue weighted by atomic mass is 32.2. The number of rotatable bonds is 5. The molecule has 48 heavy (non-hydrogen) atoms. The third kappa shape index (κ3) is 4.82. The molecule has 0 atom stereocenters. The van der Waals surface area contributed by atoms with Crippen molar-refractivity contribution in [3.8, 4) is 22.6 Å². The SMILES string of the molecule is CC1(C)c2cc(N(c3ccc(C=Cc4ccccc4)cc3)c3ccc4ccccc4c3)ccc2-c2c1ccc1c2Oc2ccccc2S1. The van der Waals surface area contributed by atoms with Crippen molar-refractivity contribution < 1.29 is 4.74 Å². The molecule has 1 aliphatic carbocycles. The van der Waals surface area contributed by atoms with E-state index in [1.54, 1.807) is 11.8 Å². The van der Waals surface area contributed by atoms with Gasteiger partial charge in [-0.05, 0) is 93.2 Å². The molecule has 3 heteroatoms. The van der Waals surface area contributed by atoms with E-state index in [0.29, 0.717) is 0 Å². The van der Waals surface area contributed by atoms with E-state index < -0.39 is 0 Å². The number of fused-ring (bicyclic) bond motifs is 7. The normalized spacial score (nSPS) is 13.8. The van der Waals surface area contributed by atoms with Crippen LogP contribution in [0.3, 0.4) is 0 Å². The highest BCUT2D eigenvalue weighted by Crippen LogP contribution is 2.59. The van der Waals surface area contributed by atoms with Gasteiger partial charge in [-0.15, -0.1) is 0 Å². The maximum atomic E-state index is 6.65. The minimum atomic E-state index is -0.193. The van der Waals surface area contributed by atoms with Crippen LogP contribution in [0, 0.1) is 0 Å². The summed E-state index contributed by atoms with van der Waals surface area (Å²) in [5.74, 6) is 1.90. The Bertz CT molecular complexity index is 2370. The van der Waals surface area contributed by atoms with Gasteiger partial charge in [-0.2, -0.15) is 0 Å². The first-order valence-corrected chi connectivity index (χ1v) is 17.2. The molecule has 0 amide bonds. The number of ether oxygens (including phenoxy) is 1. The Morgan fingerprint density at radius 2 is 1.21 bits per heavy atom. The predicted molar refractivity (Wildman–Crippen MR) is 202 cm³/mol. The van der Waals surface area contributed by atoms with Gasteiger partial charge < -0.3 is 9.64 Å². The zero-order valence-electron chi connectivity index (χ0n) is 26.9. The van der Waals surface area contributed by atoms with Crippen LogP contribution in [0.5, 0.6) is 11.5 Å². The second-order valence-electron chi connectivity index (χ2n) is 13.0. The minimum Gasteiger partial charge on any atom is -0.454 e. The molecule has 9 rings (SSSR count). The number of anilines is 3. The number of benzene rings is 7. The van der Waals surface area contributed by atoms with Crippen LogP contribution in [-0.2, 0) is 5.41 Å². The molecule has 0 bridgehead atoms. The lowest BCUT2D eigenvalue weighted by Crippen LogP contribution is -2.16. The second kappa shape index (κ2) is 11.3. The van der Waals surface area contributed by atoms with Crippen LogP contribution in [0.2, 0.25) is 0 Å². The average Bonchev–Trinajstić information content (AvgIpc) is 3.36. The molecule has 0 spiro atoms. The number of hydrogen-bond acceptors (Lipinski definition) is 3. The van der Waals surface area contributed by atoms with Crippen LogP contribution in [-0.4, -0.2) is 0 Å². The van der Waals surface area contributed by atoms with Crippen molar-refractivity contribution in [3.63, 3.8) is 0 Å². The van der Waals surface area contributed by atoms with Crippen LogP contribution in [0.1, 0.15) is 36.1 Å². The monoisotopic (exact) mass is 635 g/mol. The third-order valence-corrected chi connectivity index (χ3v) is 10.8. The Labute approximate surface area is 286 Å². The fraction of sp³-hybridized carbons (Fsp3) is 0.0667. The second-order valence-corrected chi connectivity index (χ2v) is 14.1. The summed E-state index contributed by atoms with van der Waals surface area (Å²) in [7, 11) is 0. The summed E-state index contributed by atoms with van der Waals surface area (Å²) in [6, 6.07) is 54.5. The molecular formula is C45H33NOS. The Morgan fingerprint density at radius 3 is 2.04 bits per heavy atom. The molecule has 0 fully saturated rings. The Balaban J connectivity index is 1.15. The van der Waals surface area contributed by atoms with E-state index in [4.69, 9.17) is 4.74 Å². The average molecular weight is 636 g/mol. The largest absolute Gasteiger partial charge is 0.454 e. The maximum absolute atomic E-state index is 6.65. The van der Waals surface area contributed by atoms with Gasteiger partial charge >= 0.3 is 0 Å². The standard InChI is InChI=1S/C45H33NOS/c1-45(2)38-26-27-42-44(47-40-14-8-9-15-41(40)48-42)43(38)37-25-24-36(29-39(37)45)46(35-23-20-32-12-6-7-13-33(32)28-35)34-21-18-31(19-22-34)17-16-30-10-4-3-5-11-30/h3-29H,1-2H3. The maximum Gasteiger partial charge on any atom is 0.149 e. The van der Waals surface area contributed by atoms with E-state index in [-0.39, 0.29) is 5.41 Å². The Kier molecular flexibility index (Phi) is 6.77. The van der Waals surface area contributed by atoms with Gasteiger partial charge in [0.05, 0.1) is 9.79 Å². The fourth-order valence-corrected chi connectivity index (χ4v) is 8.15. The predicted octanol–water partition coefficient (Wildman–Crippen LogP) is 13.0. The van der Waals surface area contributed by atoms with Crippen LogP contribution in [0.4, 0.5) is 17.1 Å². The van der Waals surface area contributed by atoms with Gasteiger partial charge in [0.15, 0.2) is 0 Å². The first-order chi connectivity index (χ1) is 23.5. The summed E-state index contributed by atoms with van der Waals surface area (Å²) < 4.78 is 6.65. The number of hydrogen-bond donors (Lipinski definition) is 0. The summed E-state index contributed by atoms with van der Waals surface area (Å²) >= 11 is 1.79. The van der Waals surface area contributed by atoms with Gasteiger partial charge in [0.1, 0.15) is 11.5 Å². The van der Waals surface area contributed by atoms with Crippen molar-refractivity contribution in [1.82, 2.24) is 0 Å². The van der Waals surface area contributed by atoms with Crippen molar-refractivity contribution >= 4 is 51.7 Å². The summed E-state index contributed by atoms with van der Waals surface area (Å²) in [4.78, 5) is 4.71. The van der Waals surface area contributed by atoms with Crippen LogP contribution >= 0.6 is 11.8 Å². The lowest BCUT2D eigenvalue weighted by molar-refractivity contribution is 0.455. The molecule has 2 nitrogen and oxygen atoms in total. The number of nitrogens with zero attached hydrogens (tertiary/aromatic N) is 1. The van der Waals surface area contributed by atoms with E-state index >= 15 is 0 Å². The molecule has 230 valence electrons. The first-order valence-electron chi connectivity index (χ1n) is 16.4. The van der Waals surface area contributed by atoms with Crippen LogP contribution in [0.25, 0.3) is 34.1 Å². The van der Waals surface area contributed by atoms with Gasteiger partial charge in [0.2, 0.25) is 0 Å². The summed E-state index contributed by atoms with van der Waals surface area (Å²) in [6.45, 7) is 4.68. The fourth-order valence-electron chi connectivity index (χ4n) is 7.19. The third-order valence-electron chi connectivity index (χ3n) is 9.69. The van der Waals surface area contributed by atoms with E-state index in [0.717, 1.165) is 39.0 Å². The van der Waals surface area contributed by atoms with E-state index in [9.17, 15) is 0 Å². The molecule has 1 heterocycles. The lowest BCUT2D eigenvalue weighted by atomic mass is 9.82. The van der Waals surface area contributed by atoms with Gasteiger partial charge in [-0.3, -0.25) is 0 Å². The zero-order valence-corrected chi connectivity index (χ0v) is 27.7. The quantitative estimate of drug-likeness (QED) is 0.175. The molecule has 0 unspecified atom stereocenters. The first kappa shape index (κ1) is 28.7. The summed E-state index contributed by atoms with van der Waals surface area (Å²) in [5.41, 5.74) is 10.6. The summed E-state index contributed by atoms with van der Waals surface area (Å²) in [5, 5.41) is 2.45. The van der Waals surface area contributed by atoms with E-state index in [1.165, 1.54) is 43.5 Å². The molecule has 0 N–H and O–H groups in total. The molecule has 0 aromatic heterocycles. The molecule has 7 aromatic carbocycles. The van der Waals surface area contributed by atoms with Crippen LogP contribution < -0.4 is 9.64 Å². The van der Waals surface area contributed by atoms with Crippen molar-refractivity contribution in [3.05, 3.63) is 174 Å². The Morgan fingerprint density at radius 1 is 0.542 bits per heavy atom. The van der Waals surface area contributed by atoms with Gasteiger partial charge in [-0.25, -0.2) is 0 Å². The molecule has 1 aliphatic heterocycles. The molecular weight excluding hydrogens is 603 g/mol. The van der Waals surface area contributed by atoms with Crippen molar-refractivity contribution in [2.45, 2.75) is 29.1 Å². The molecule has 0 saturated heterocycles.